The van der Waals surface area contributed by atoms with Gasteiger partial charge in [-0.3, -0.25) is 9.59 Å². The number of nitrogens with one attached hydrogen (secondary N) is 1. The van der Waals surface area contributed by atoms with Gasteiger partial charge in [-0.15, -0.1) is 11.3 Å². The fourth-order valence-electron chi connectivity index (χ4n) is 3.56. The van der Waals surface area contributed by atoms with Gasteiger partial charge in [-0.2, -0.15) is 0 Å². The van der Waals surface area contributed by atoms with Gasteiger partial charge in [0.15, 0.2) is 0 Å². The molecule has 8 heteroatoms. The number of fused-ring (bicyclic) bond motifs is 1. The number of carbonyl (C=O) groups is 2. The minimum atomic E-state index is -0.568. The molecule has 3 N–H and O–H groups in total. The molecule has 0 unspecified atom stereocenters. The highest BCUT2D eigenvalue weighted by Crippen LogP contribution is 2.37. The molecular weight excluding hydrogens is 413 g/mol. The van der Waals surface area contributed by atoms with Crippen molar-refractivity contribution >= 4 is 56.2 Å². The number of primary amides is 1. The molecule has 0 bridgehead atoms. The molecule has 3 aromatic rings. The van der Waals surface area contributed by atoms with Gasteiger partial charge in [0.2, 0.25) is 5.91 Å². The number of amides is 2. The van der Waals surface area contributed by atoms with Crippen molar-refractivity contribution in [1.82, 2.24) is 0 Å². The fraction of sp³-hybridized carbons (Fsp3) is 0.238. The van der Waals surface area contributed by atoms with Crippen LogP contribution in [-0.2, 0) is 0 Å². The van der Waals surface area contributed by atoms with Crippen LogP contribution in [0.15, 0.2) is 36.4 Å². The third-order valence-corrected chi connectivity index (χ3v) is 6.68. The quantitative estimate of drug-likeness (QED) is 0.608. The third-order valence-electron chi connectivity index (χ3n) is 5.02. The molecule has 1 aromatic heterocycles. The van der Waals surface area contributed by atoms with Crippen LogP contribution in [0.2, 0.25) is 5.02 Å². The van der Waals surface area contributed by atoms with E-state index < -0.39 is 11.8 Å². The lowest BCUT2D eigenvalue weighted by Crippen LogP contribution is -2.30. The average Bonchev–Trinajstić information content (AvgIpc) is 3.04. The number of nitrogens with zero attached hydrogens (tertiary/aromatic N) is 1. The van der Waals surface area contributed by atoms with Gasteiger partial charge in [0.1, 0.15) is 10.7 Å². The summed E-state index contributed by atoms with van der Waals surface area (Å²) in [6, 6.07) is 9.29. The highest BCUT2D eigenvalue weighted by Gasteiger charge is 2.21. The van der Waals surface area contributed by atoms with Crippen LogP contribution in [0.5, 0.6) is 0 Å². The third kappa shape index (κ3) is 3.93. The Morgan fingerprint density at radius 3 is 2.59 bits per heavy atom. The minimum Gasteiger partial charge on any atom is -0.370 e. The van der Waals surface area contributed by atoms with Crippen LogP contribution in [0.25, 0.3) is 10.1 Å². The Morgan fingerprint density at radius 1 is 1.10 bits per heavy atom. The first-order valence-electron chi connectivity index (χ1n) is 9.32. The van der Waals surface area contributed by atoms with Gasteiger partial charge in [0.05, 0.1) is 16.4 Å². The molecule has 0 atom stereocenters. The normalized spacial score (nSPS) is 14.2. The van der Waals surface area contributed by atoms with Crippen LogP contribution in [0.4, 0.5) is 15.8 Å². The number of rotatable bonds is 4. The second kappa shape index (κ2) is 8.00. The molecule has 0 spiro atoms. The Hall–Kier alpha value is -2.64. The lowest BCUT2D eigenvalue weighted by molar-refractivity contribution is 0.0996. The van der Waals surface area contributed by atoms with E-state index in [1.54, 1.807) is 18.2 Å². The van der Waals surface area contributed by atoms with Crippen LogP contribution in [0.1, 0.15) is 39.3 Å². The standard InChI is InChI=1S/C21H19ClFN3O2S/c22-18-14-6-5-13(23)11-17(14)29-19(18)21(28)25-15-10-12(20(24)27)4-7-16(15)26-8-2-1-3-9-26/h4-7,10-11H,1-3,8-9H2,(H2,24,27)(H,25,28). The van der Waals surface area contributed by atoms with Gasteiger partial charge in [-0.05, 0) is 55.7 Å². The molecule has 29 heavy (non-hydrogen) atoms. The van der Waals surface area contributed by atoms with E-state index in [0.717, 1.165) is 43.0 Å². The van der Waals surface area contributed by atoms with E-state index in [1.807, 2.05) is 6.07 Å². The molecule has 1 fully saturated rings. The van der Waals surface area contributed by atoms with Crippen LogP contribution < -0.4 is 16.0 Å². The van der Waals surface area contributed by atoms with Gasteiger partial charge >= 0.3 is 0 Å². The number of nitrogens with two attached hydrogens (primary N) is 1. The van der Waals surface area contributed by atoms with Crippen molar-refractivity contribution in [2.75, 3.05) is 23.3 Å². The molecule has 0 aliphatic carbocycles. The van der Waals surface area contributed by atoms with Crippen LogP contribution in [0.3, 0.4) is 0 Å². The van der Waals surface area contributed by atoms with Gasteiger partial charge < -0.3 is 16.0 Å². The summed E-state index contributed by atoms with van der Waals surface area (Å²) in [5, 5.41) is 3.79. The molecule has 2 aromatic carbocycles. The predicted octanol–water partition coefficient (Wildman–Crippen LogP) is 5.04. The number of halogens is 2. The zero-order valence-electron chi connectivity index (χ0n) is 15.5. The zero-order valence-corrected chi connectivity index (χ0v) is 17.1. The number of carbonyl (C=O) groups excluding carboxylic acids is 2. The second-order valence-corrected chi connectivity index (χ2v) is 8.41. The number of piperidine rings is 1. The van der Waals surface area contributed by atoms with E-state index in [2.05, 4.69) is 10.2 Å². The van der Waals surface area contributed by atoms with Crippen LogP contribution in [-0.4, -0.2) is 24.9 Å². The van der Waals surface area contributed by atoms with E-state index >= 15 is 0 Å². The smallest absolute Gasteiger partial charge is 0.267 e. The molecule has 2 heterocycles. The highest BCUT2D eigenvalue weighted by atomic mass is 35.5. The second-order valence-electron chi connectivity index (χ2n) is 6.98. The number of benzene rings is 2. The maximum Gasteiger partial charge on any atom is 0.267 e. The summed E-state index contributed by atoms with van der Waals surface area (Å²) in [4.78, 5) is 27.1. The summed E-state index contributed by atoms with van der Waals surface area (Å²) in [5.74, 6) is -1.36. The topological polar surface area (TPSA) is 75.4 Å². The summed E-state index contributed by atoms with van der Waals surface area (Å²) in [7, 11) is 0. The van der Waals surface area contributed by atoms with Gasteiger partial charge in [0, 0.05) is 28.7 Å². The monoisotopic (exact) mass is 431 g/mol. The SMILES string of the molecule is NC(=O)c1ccc(N2CCCCC2)c(NC(=O)c2sc3cc(F)ccc3c2Cl)c1. The first-order valence-corrected chi connectivity index (χ1v) is 10.5. The van der Waals surface area contributed by atoms with Crippen molar-refractivity contribution in [2.45, 2.75) is 19.3 Å². The molecule has 0 radical (unpaired) electrons. The van der Waals surface area contributed by atoms with Crippen molar-refractivity contribution in [3.63, 3.8) is 0 Å². The average molecular weight is 432 g/mol. The highest BCUT2D eigenvalue weighted by molar-refractivity contribution is 7.21. The van der Waals surface area contributed by atoms with Gasteiger partial charge in [0.25, 0.3) is 5.91 Å². The molecule has 1 aliphatic heterocycles. The molecule has 150 valence electrons. The molecule has 1 saturated heterocycles. The molecular formula is C21H19ClFN3O2S. The van der Waals surface area contributed by atoms with Gasteiger partial charge in [-0.25, -0.2) is 4.39 Å². The largest absolute Gasteiger partial charge is 0.370 e. The van der Waals surface area contributed by atoms with E-state index in [1.165, 1.54) is 18.6 Å². The summed E-state index contributed by atoms with van der Waals surface area (Å²) in [6.07, 6.45) is 3.31. The Labute approximate surface area is 176 Å². The Morgan fingerprint density at radius 2 is 1.86 bits per heavy atom. The number of thiophene rings is 1. The van der Waals surface area contributed by atoms with Crippen molar-refractivity contribution < 1.29 is 14.0 Å². The summed E-state index contributed by atoms with van der Waals surface area (Å²) >= 11 is 7.51. The Bertz CT molecular complexity index is 1110. The first-order chi connectivity index (χ1) is 13.9. The van der Waals surface area contributed by atoms with E-state index in [-0.39, 0.29) is 10.8 Å². The maximum atomic E-state index is 13.5. The van der Waals surface area contributed by atoms with Crippen molar-refractivity contribution in [3.05, 3.63) is 57.7 Å². The number of hydrogen-bond donors (Lipinski definition) is 2. The van der Waals surface area contributed by atoms with Crippen molar-refractivity contribution in [3.8, 4) is 0 Å². The Balaban J connectivity index is 1.70. The minimum absolute atomic E-state index is 0.285. The summed E-state index contributed by atoms with van der Waals surface area (Å²) < 4.78 is 14.1. The molecule has 4 rings (SSSR count). The van der Waals surface area contributed by atoms with E-state index in [9.17, 15) is 14.0 Å². The molecule has 1 aliphatic rings. The lowest BCUT2D eigenvalue weighted by Gasteiger charge is -2.30. The maximum absolute atomic E-state index is 13.5. The number of anilines is 2. The van der Waals surface area contributed by atoms with Gasteiger partial charge in [-0.1, -0.05) is 11.6 Å². The summed E-state index contributed by atoms with van der Waals surface area (Å²) in [6.45, 7) is 1.75. The Kier molecular flexibility index (Phi) is 5.43. The molecule has 2 amide bonds. The lowest BCUT2D eigenvalue weighted by atomic mass is 10.1. The van der Waals surface area contributed by atoms with Crippen molar-refractivity contribution in [1.29, 1.82) is 0 Å². The summed E-state index contributed by atoms with van der Waals surface area (Å²) in [5.41, 5.74) is 7.08. The first kappa shape index (κ1) is 19.7. The number of hydrogen-bond acceptors (Lipinski definition) is 4. The van der Waals surface area contributed by atoms with Crippen LogP contribution >= 0.6 is 22.9 Å². The fourth-order valence-corrected chi connectivity index (χ4v) is 5.00. The predicted molar refractivity (Wildman–Crippen MR) is 116 cm³/mol. The molecule has 5 nitrogen and oxygen atoms in total. The van der Waals surface area contributed by atoms with E-state index in [0.29, 0.717) is 26.2 Å². The van der Waals surface area contributed by atoms with E-state index in [4.69, 9.17) is 17.3 Å². The van der Waals surface area contributed by atoms with Crippen molar-refractivity contribution in [2.24, 2.45) is 5.73 Å². The van der Waals surface area contributed by atoms with Crippen LogP contribution in [0, 0.1) is 5.82 Å². The zero-order chi connectivity index (χ0) is 20.5. The molecule has 0 saturated carbocycles.